The molecule has 14 heavy (non-hydrogen) atoms. The van der Waals surface area contributed by atoms with E-state index in [9.17, 15) is 9.59 Å². The van der Waals surface area contributed by atoms with Crippen molar-refractivity contribution in [1.29, 1.82) is 0 Å². The SMILES string of the molecule is CC(=O)c1nc2cc(C=O)ccc2o1. The standard InChI is InChI=1S/C10H7NO3/c1-6(13)10-11-8-4-7(5-12)2-3-9(8)14-10/h2-5H,1H3. The Labute approximate surface area is 79.5 Å². The van der Waals surface area contributed by atoms with Crippen molar-refractivity contribution in [3.05, 3.63) is 29.7 Å². The van der Waals surface area contributed by atoms with Gasteiger partial charge in [0, 0.05) is 12.5 Å². The third kappa shape index (κ3) is 1.31. The lowest BCUT2D eigenvalue weighted by Crippen LogP contribution is -1.89. The third-order valence-corrected chi connectivity index (χ3v) is 1.85. The maximum atomic E-state index is 10.9. The van der Waals surface area contributed by atoms with E-state index in [1.54, 1.807) is 18.2 Å². The van der Waals surface area contributed by atoms with Crippen LogP contribution in [0.1, 0.15) is 28.0 Å². The summed E-state index contributed by atoms with van der Waals surface area (Å²) in [7, 11) is 0. The van der Waals surface area contributed by atoms with Crippen LogP contribution in [0.5, 0.6) is 0 Å². The van der Waals surface area contributed by atoms with Gasteiger partial charge in [0.2, 0.25) is 5.78 Å². The Morgan fingerprint density at radius 1 is 1.50 bits per heavy atom. The monoisotopic (exact) mass is 189 g/mol. The lowest BCUT2D eigenvalue weighted by Gasteiger charge is -1.86. The first-order valence-electron chi connectivity index (χ1n) is 4.07. The van der Waals surface area contributed by atoms with E-state index >= 15 is 0 Å². The van der Waals surface area contributed by atoms with E-state index in [0.717, 1.165) is 6.29 Å². The molecule has 0 saturated carbocycles. The Hall–Kier alpha value is -1.97. The Kier molecular flexibility index (Phi) is 1.89. The number of carbonyl (C=O) groups is 2. The van der Waals surface area contributed by atoms with Crippen molar-refractivity contribution in [2.75, 3.05) is 0 Å². The van der Waals surface area contributed by atoms with E-state index in [2.05, 4.69) is 4.98 Å². The fourth-order valence-electron chi connectivity index (χ4n) is 1.17. The zero-order chi connectivity index (χ0) is 10.1. The summed E-state index contributed by atoms with van der Waals surface area (Å²) in [5, 5.41) is 0. The van der Waals surface area contributed by atoms with Gasteiger partial charge < -0.3 is 4.42 Å². The molecule has 1 aromatic carbocycles. The van der Waals surface area contributed by atoms with Gasteiger partial charge in [-0.25, -0.2) is 4.98 Å². The molecule has 0 N–H and O–H groups in total. The van der Waals surface area contributed by atoms with E-state index in [1.807, 2.05) is 0 Å². The van der Waals surface area contributed by atoms with Gasteiger partial charge in [0.05, 0.1) is 0 Å². The molecule has 1 aromatic heterocycles. The second-order valence-corrected chi connectivity index (χ2v) is 2.92. The van der Waals surface area contributed by atoms with E-state index in [0.29, 0.717) is 16.7 Å². The molecular formula is C10H7NO3. The molecule has 0 bridgehead atoms. The molecule has 70 valence electrons. The molecule has 0 spiro atoms. The third-order valence-electron chi connectivity index (χ3n) is 1.85. The summed E-state index contributed by atoms with van der Waals surface area (Å²) >= 11 is 0. The predicted molar refractivity (Wildman–Crippen MR) is 49.4 cm³/mol. The Morgan fingerprint density at radius 3 is 2.93 bits per heavy atom. The number of aldehydes is 1. The average Bonchev–Trinajstić information content (AvgIpc) is 2.59. The van der Waals surface area contributed by atoms with Gasteiger partial charge >= 0.3 is 0 Å². The molecule has 0 aliphatic carbocycles. The van der Waals surface area contributed by atoms with Crippen molar-refractivity contribution >= 4 is 23.2 Å². The number of rotatable bonds is 2. The van der Waals surface area contributed by atoms with Crippen molar-refractivity contribution in [3.63, 3.8) is 0 Å². The highest BCUT2D eigenvalue weighted by molar-refractivity contribution is 5.93. The minimum atomic E-state index is -0.228. The molecule has 2 aromatic rings. The summed E-state index contributed by atoms with van der Waals surface area (Å²) in [5.74, 6) is -0.156. The van der Waals surface area contributed by atoms with E-state index in [1.165, 1.54) is 6.92 Å². The second-order valence-electron chi connectivity index (χ2n) is 2.92. The van der Waals surface area contributed by atoms with E-state index < -0.39 is 0 Å². The van der Waals surface area contributed by atoms with Crippen LogP contribution in [0.4, 0.5) is 0 Å². The van der Waals surface area contributed by atoms with Crippen molar-refractivity contribution in [2.45, 2.75) is 6.92 Å². The minimum absolute atomic E-state index is 0.0723. The van der Waals surface area contributed by atoms with Crippen molar-refractivity contribution < 1.29 is 14.0 Å². The van der Waals surface area contributed by atoms with Crippen LogP contribution in [0, 0.1) is 0 Å². The van der Waals surface area contributed by atoms with E-state index in [4.69, 9.17) is 4.42 Å². The number of fused-ring (bicyclic) bond motifs is 1. The molecule has 0 aliphatic rings. The summed E-state index contributed by atoms with van der Waals surface area (Å²) in [6.45, 7) is 1.38. The molecule has 4 heteroatoms. The van der Waals surface area contributed by atoms with Gasteiger partial charge in [-0.1, -0.05) is 0 Å². The van der Waals surface area contributed by atoms with Gasteiger partial charge in [0.25, 0.3) is 5.89 Å². The van der Waals surface area contributed by atoms with E-state index in [-0.39, 0.29) is 11.7 Å². The minimum Gasteiger partial charge on any atom is -0.434 e. The van der Waals surface area contributed by atoms with Crippen LogP contribution in [-0.2, 0) is 0 Å². The number of ketones is 1. The van der Waals surface area contributed by atoms with Gasteiger partial charge in [-0.2, -0.15) is 0 Å². The predicted octanol–water partition coefficient (Wildman–Crippen LogP) is 1.84. The molecule has 0 fully saturated rings. The summed E-state index contributed by atoms with van der Waals surface area (Å²) in [6, 6.07) is 4.82. The van der Waals surface area contributed by atoms with Crippen molar-refractivity contribution in [1.82, 2.24) is 4.98 Å². The summed E-state index contributed by atoms with van der Waals surface area (Å²) < 4.78 is 5.15. The Balaban J connectivity index is 2.65. The molecule has 4 nitrogen and oxygen atoms in total. The first kappa shape index (κ1) is 8.62. The number of hydrogen-bond acceptors (Lipinski definition) is 4. The molecule has 0 unspecified atom stereocenters. The van der Waals surface area contributed by atoms with Gasteiger partial charge in [-0.05, 0) is 18.2 Å². The maximum Gasteiger partial charge on any atom is 0.263 e. The van der Waals surface area contributed by atoms with Crippen LogP contribution in [0.2, 0.25) is 0 Å². The number of aromatic nitrogens is 1. The highest BCUT2D eigenvalue weighted by atomic mass is 16.4. The molecule has 2 rings (SSSR count). The Morgan fingerprint density at radius 2 is 2.29 bits per heavy atom. The van der Waals surface area contributed by atoms with Crippen LogP contribution < -0.4 is 0 Å². The number of Topliss-reactive ketones (excluding diaryl/α,β-unsaturated/α-hetero) is 1. The largest absolute Gasteiger partial charge is 0.434 e. The van der Waals surface area contributed by atoms with Crippen LogP contribution in [0.25, 0.3) is 11.1 Å². The highest BCUT2D eigenvalue weighted by Crippen LogP contribution is 2.16. The van der Waals surface area contributed by atoms with Crippen molar-refractivity contribution in [2.24, 2.45) is 0 Å². The molecule has 1 heterocycles. The van der Waals surface area contributed by atoms with Gasteiger partial charge in [-0.15, -0.1) is 0 Å². The number of oxazole rings is 1. The van der Waals surface area contributed by atoms with Crippen molar-refractivity contribution in [3.8, 4) is 0 Å². The van der Waals surface area contributed by atoms with Gasteiger partial charge in [-0.3, -0.25) is 9.59 Å². The number of hydrogen-bond donors (Lipinski definition) is 0. The zero-order valence-electron chi connectivity index (χ0n) is 7.48. The molecule has 0 saturated heterocycles. The lowest BCUT2D eigenvalue weighted by atomic mass is 10.2. The molecule has 0 atom stereocenters. The summed E-state index contributed by atoms with van der Waals surface area (Å²) in [5.41, 5.74) is 1.56. The lowest BCUT2D eigenvalue weighted by molar-refractivity contribution is 0.0982. The van der Waals surface area contributed by atoms with Crippen LogP contribution >= 0.6 is 0 Å². The van der Waals surface area contributed by atoms with Crippen LogP contribution in [0.15, 0.2) is 22.6 Å². The average molecular weight is 189 g/mol. The first-order chi connectivity index (χ1) is 6.70. The second kappa shape index (κ2) is 3.06. The summed E-state index contributed by atoms with van der Waals surface area (Å²) in [6.07, 6.45) is 0.724. The fourth-order valence-corrected chi connectivity index (χ4v) is 1.17. The zero-order valence-corrected chi connectivity index (χ0v) is 7.48. The van der Waals surface area contributed by atoms with Gasteiger partial charge in [0.15, 0.2) is 5.58 Å². The number of carbonyl (C=O) groups excluding carboxylic acids is 2. The molecule has 0 amide bonds. The smallest absolute Gasteiger partial charge is 0.263 e. The first-order valence-corrected chi connectivity index (χ1v) is 4.07. The molecular weight excluding hydrogens is 182 g/mol. The van der Waals surface area contributed by atoms with Crippen LogP contribution in [0.3, 0.4) is 0 Å². The van der Waals surface area contributed by atoms with Crippen LogP contribution in [-0.4, -0.2) is 17.1 Å². The fraction of sp³-hybridized carbons (Fsp3) is 0.100. The maximum absolute atomic E-state index is 10.9. The highest BCUT2D eigenvalue weighted by Gasteiger charge is 2.09. The van der Waals surface area contributed by atoms with Gasteiger partial charge in [0.1, 0.15) is 11.8 Å². The summed E-state index contributed by atoms with van der Waals surface area (Å²) in [4.78, 5) is 25.4. The topological polar surface area (TPSA) is 60.2 Å². The molecule has 0 aliphatic heterocycles. The Bertz CT molecular complexity index is 513. The normalized spacial score (nSPS) is 10.4. The number of benzene rings is 1. The number of nitrogens with zero attached hydrogens (tertiary/aromatic N) is 1. The molecule has 0 radical (unpaired) electrons. The quantitative estimate of drug-likeness (QED) is 0.534.